The van der Waals surface area contributed by atoms with Crippen LogP contribution in [0.4, 0.5) is 0 Å². The maximum Gasteiger partial charge on any atom is 0.147 e. The molecule has 1 nitrogen and oxygen atoms in total. The lowest BCUT2D eigenvalue weighted by atomic mass is 10.2. The topological polar surface area (TPSA) is 9.23 Å². The highest BCUT2D eigenvalue weighted by Crippen LogP contribution is 2.35. The lowest BCUT2D eigenvalue weighted by Crippen LogP contribution is -1.88. The lowest BCUT2D eigenvalue weighted by Gasteiger charge is -2.10. The first-order valence-electron chi connectivity index (χ1n) is 5.07. The summed E-state index contributed by atoms with van der Waals surface area (Å²) in [4.78, 5) is 0. The second-order valence-corrected chi connectivity index (χ2v) is 6.02. The molecule has 0 heterocycles. The number of ether oxygens (including phenoxy) is 1. The fourth-order valence-electron chi connectivity index (χ4n) is 1.38. The molecule has 0 aliphatic carbocycles. The molecule has 0 bridgehead atoms. The summed E-state index contributed by atoms with van der Waals surface area (Å²) in [6.07, 6.45) is 0. The molecule has 0 aliphatic heterocycles. The molecule has 0 aliphatic rings. The van der Waals surface area contributed by atoms with Crippen LogP contribution in [0.15, 0.2) is 45.3 Å². The average Bonchev–Trinajstić information content (AvgIpc) is 2.36. The molecule has 0 atom stereocenters. The van der Waals surface area contributed by atoms with Crippen molar-refractivity contribution in [3.63, 3.8) is 0 Å². The molecule has 0 saturated heterocycles. The van der Waals surface area contributed by atoms with E-state index in [0.29, 0.717) is 22.4 Å². The van der Waals surface area contributed by atoms with Crippen molar-refractivity contribution < 1.29 is 4.74 Å². The Kier molecular flexibility index (Phi) is 4.96. The predicted molar refractivity (Wildman–Crippen MR) is 82.9 cm³/mol. The summed E-state index contributed by atoms with van der Waals surface area (Å²) in [6, 6.07) is 11.2. The van der Waals surface area contributed by atoms with Crippen molar-refractivity contribution in [3.8, 4) is 11.5 Å². The molecule has 0 spiro atoms. The molecule has 18 heavy (non-hydrogen) atoms. The smallest absolute Gasteiger partial charge is 0.147 e. The first-order chi connectivity index (χ1) is 8.60. The molecule has 2 rings (SSSR count). The Balaban J connectivity index is 2.31. The summed E-state index contributed by atoms with van der Waals surface area (Å²) in [5, 5.41) is 0.562. The maximum absolute atomic E-state index is 6.07. The van der Waals surface area contributed by atoms with E-state index in [1.807, 2.05) is 30.3 Å². The zero-order valence-corrected chi connectivity index (χ0v) is 13.8. The van der Waals surface area contributed by atoms with Gasteiger partial charge in [0.15, 0.2) is 0 Å². The van der Waals surface area contributed by atoms with Crippen LogP contribution >= 0.6 is 55.1 Å². The van der Waals surface area contributed by atoms with Crippen LogP contribution < -0.4 is 4.74 Å². The minimum Gasteiger partial charge on any atom is -0.455 e. The number of halogens is 4. The van der Waals surface area contributed by atoms with Crippen LogP contribution in [0.1, 0.15) is 5.56 Å². The van der Waals surface area contributed by atoms with Gasteiger partial charge < -0.3 is 4.74 Å². The molecule has 5 heteroatoms. The molecule has 2 aromatic rings. The Morgan fingerprint density at radius 3 is 2.44 bits per heavy atom. The third-order valence-electron chi connectivity index (χ3n) is 2.26. The van der Waals surface area contributed by atoms with Crippen molar-refractivity contribution in [2.75, 3.05) is 0 Å². The van der Waals surface area contributed by atoms with Gasteiger partial charge in [-0.3, -0.25) is 0 Å². The minimum atomic E-state index is 0.469. The summed E-state index contributed by atoms with van der Waals surface area (Å²) < 4.78 is 7.52. The Morgan fingerprint density at radius 2 is 1.78 bits per heavy atom. The molecule has 0 fully saturated rings. The third-order valence-corrected chi connectivity index (χ3v) is 4.00. The largest absolute Gasteiger partial charge is 0.455 e. The van der Waals surface area contributed by atoms with Gasteiger partial charge in [-0.05, 0) is 51.8 Å². The molecule has 0 radical (unpaired) electrons. The molecule has 0 N–H and O–H groups in total. The van der Waals surface area contributed by atoms with Gasteiger partial charge in [0.25, 0.3) is 0 Å². The quantitative estimate of drug-likeness (QED) is 0.532. The van der Waals surface area contributed by atoms with Crippen molar-refractivity contribution in [2.24, 2.45) is 0 Å². The number of alkyl halides is 1. The summed E-state index contributed by atoms with van der Waals surface area (Å²) >= 11 is 18.7. The van der Waals surface area contributed by atoms with Gasteiger partial charge in [0.05, 0.1) is 9.50 Å². The SMILES string of the molecule is ClCc1ccc(Oc2cc(Br)ccc2Cl)c(Br)c1. The highest BCUT2D eigenvalue weighted by Gasteiger charge is 2.07. The van der Waals surface area contributed by atoms with Crippen LogP contribution in [0.3, 0.4) is 0 Å². The van der Waals surface area contributed by atoms with Crippen LogP contribution in [0.25, 0.3) is 0 Å². The van der Waals surface area contributed by atoms with Crippen LogP contribution in [0.2, 0.25) is 5.02 Å². The van der Waals surface area contributed by atoms with Crippen molar-refractivity contribution in [1.29, 1.82) is 0 Å². The van der Waals surface area contributed by atoms with Gasteiger partial charge in [-0.15, -0.1) is 11.6 Å². The van der Waals surface area contributed by atoms with Crippen LogP contribution in [-0.2, 0) is 5.88 Å². The van der Waals surface area contributed by atoms with Gasteiger partial charge in [0.2, 0.25) is 0 Å². The van der Waals surface area contributed by atoms with Gasteiger partial charge in [-0.2, -0.15) is 0 Å². The van der Waals surface area contributed by atoms with E-state index in [1.54, 1.807) is 6.07 Å². The Bertz CT molecular complexity index is 573. The molecule has 2 aromatic carbocycles. The number of benzene rings is 2. The number of rotatable bonds is 3. The fourth-order valence-corrected chi connectivity index (χ4v) is 2.55. The minimum absolute atomic E-state index is 0.469. The zero-order chi connectivity index (χ0) is 13.1. The first kappa shape index (κ1) is 14.2. The Hall–Kier alpha value is -0.220. The summed E-state index contributed by atoms with van der Waals surface area (Å²) in [5.74, 6) is 1.77. The molecular formula is C13H8Br2Cl2O. The van der Waals surface area contributed by atoms with Gasteiger partial charge >= 0.3 is 0 Å². The highest BCUT2D eigenvalue weighted by molar-refractivity contribution is 9.10. The second-order valence-electron chi connectivity index (χ2n) is 3.58. The van der Waals surface area contributed by atoms with Crippen LogP contribution in [-0.4, -0.2) is 0 Å². The van der Waals surface area contributed by atoms with Gasteiger partial charge in [-0.1, -0.05) is 33.6 Å². The Labute approximate surface area is 132 Å². The fraction of sp³-hybridized carbons (Fsp3) is 0.0769. The van der Waals surface area contributed by atoms with Crippen molar-refractivity contribution >= 4 is 55.1 Å². The standard InChI is InChI=1S/C13H8Br2Cl2O/c14-9-2-3-11(17)13(6-9)18-12-4-1-8(7-16)5-10(12)15/h1-6H,7H2. The molecule has 0 amide bonds. The summed E-state index contributed by atoms with van der Waals surface area (Å²) in [6.45, 7) is 0. The Morgan fingerprint density at radius 1 is 1.00 bits per heavy atom. The molecule has 0 saturated carbocycles. The molecular weight excluding hydrogens is 403 g/mol. The maximum atomic E-state index is 6.07. The van der Waals surface area contributed by atoms with E-state index in [0.717, 1.165) is 14.5 Å². The van der Waals surface area contributed by atoms with E-state index in [4.69, 9.17) is 27.9 Å². The average molecular weight is 411 g/mol. The third kappa shape index (κ3) is 3.41. The monoisotopic (exact) mass is 408 g/mol. The van der Waals surface area contributed by atoms with E-state index >= 15 is 0 Å². The van der Waals surface area contributed by atoms with E-state index in [2.05, 4.69) is 31.9 Å². The lowest BCUT2D eigenvalue weighted by molar-refractivity contribution is 0.479. The van der Waals surface area contributed by atoms with Crippen molar-refractivity contribution in [1.82, 2.24) is 0 Å². The summed E-state index contributed by atoms with van der Waals surface area (Å²) in [7, 11) is 0. The van der Waals surface area contributed by atoms with Gasteiger partial charge in [0, 0.05) is 10.4 Å². The predicted octanol–water partition coefficient (Wildman–Crippen LogP) is 6.40. The molecule has 0 unspecified atom stereocenters. The number of hydrogen-bond donors (Lipinski definition) is 0. The number of hydrogen-bond acceptors (Lipinski definition) is 1. The van der Waals surface area contributed by atoms with E-state index < -0.39 is 0 Å². The second kappa shape index (κ2) is 6.29. The van der Waals surface area contributed by atoms with Gasteiger partial charge in [-0.25, -0.2) is 0 Å². The van der Waals surface area contributed by atoms with E-state index in [1.165, 1.54) is 0 Å². The van der Waals surface area contributed by atoms with E-state index in [9.17, 15) is 0 Å². The van der Waals surface area contributed by atoms with Crippen LogP contribution in [0.5, 0.6) is 11.5 Å². The normalized spacial score (nSPS) is 10.4. The highest BCUT2D eigenvalue weighted by atomic mass is 79.9. The zero-order valence-electron chi connectivity index (χ0n) is 9.09. The van der Waals surface area contributed by atoms with Crippen molar-refractivity contribution in [2.45, 2.75) is 5.88 Å². The molecule has 0 aromatic heterocycles. The first-order valence-corrected chi connectivity index (χ1v) is 7.57. The summed E-state index contributed by atoms with van der Waals surface area (Å²) in [5.41, 5.74) is 1.02. The van der Waals surface area contributed by atoms with E-state index in [-0.39, 0.29) is 0 Å². The molecule has 94 valence electrons. The van der Waals surface area contributed by atoms with Crippen molar-refractivity contribution in [3.05, 3.63) is 55.9 Å². The van der Waals surface area contributed by atoms with Crippen LogP contribution in [0, 0.1) is 0 Å². The van der Waals surface area contributed by atoms with Gasteiger partial charge in [0.1, 0.15) is 11.5 Å².